The molecule has 0 aliphatic rings. The van der Waals surface area contributed by atoms with E-state index < -0.39 is 0 Å². The van der Waals surface area contributed by atoms with Crippen LogP contribution in [0.4, 0.5) is 5.69 Å². The number of hydrogen-bond acceptors (Lipinski definition) is 5. The van der Waals surface area contributed by atoms with E-state index in [9.17, 15) is 9.90 Å². The summed E-state index contributed by atoms with van der Waals surface area (Å²) in [6.07, 6.45) is 0. The molecule has 0 saturated carbocycles. The van der Waals surface area contributed by atoms with Gasteiger partial charge in [-0.1, -0.05) is 23.9 Å². The molecule has 22 heavy (non-hydrogen) atoms. The maximum absolute atomic E-state index is 11.9. The van der Waals surface area contributed by atoms with Crippen LogP contribution in [0.25, 0.3) is 11.1 Å². The molecule has 0 atom stereocenters. The fraction of sp³-hybridized carbons (Fsp3) is 0.125. The molecule has 2 N–H and O–H groups in total. The maximum Gasteiger partial charge on any atom is 0.257 e. The molecule has 0 aliphatic heterocycles. The third kappa shape index (κ3) is 3.23. The van der Waals surface area contributed by atoms with Gasteiger partial charge in [0.05, 0.1) is 5.75 Å². The molecule has 0 radical (unpaired) electrons. The maximum atomic E-state index is 11.9. The van der Waals surface area contributed by atoms with E-state index >= 15 is 0 Å². The first-order valence-corrected chi connectivity index (χ1v) is 7.68. The SMILES string of the molecule is Cc1cc(NC(=O)CSc2nc3ccccc3o2)ccc1O. The Hall–Kier alpha value is -2.47. The number of anilines is 1. The second-order valence-corrected chi connectivity index (χ2v) is 5.71. The molecular formula is C16H14N2O3S. The van der Waals surface area contributed by atoms with Crippen LogP contribution < -0.4 is 5.32 Å². The number of nitrogens with zero attached hydrogens (tertiary/aromatic N) is 1. The first-order chi connectivity index (χ1) is 10.6. The summed E-state index contributed by atoms with van der Waals surface area (Å²) < 4.78 is 5.54. The Balaban J connectivity index is 1.60. The van der Waals surface area contributed by atoms with E-state index in [1.165, 1.54) is 11.8 Å². The standard InChI is InChI=1S/C16H14N2O3S/c1-10-8-11(6-7-13(10)19)17-15(20)9-22-16-18-12-4-2-3-5-14(12)21-16/h2-8,19H,9H2,1H3,(H,17,20). The predicted octanol–water partition coefficient (Wildman–Crippen LogP) is 3.57. The highest BCUT2D eigenvalue weighted by molar-refractivity contribution is 7.99. The Kier molecular flexibility index (Phi) is 4.02. The molecule has 5 nitrogen and oxygen atoms in total. The van der Waals surface area contributed by atoms with E-state index in [4.69, 9.17) is 4.42 Å². The fourth-order valence-electron chi connectivity index (χ4n) is 1.97. The number of aromatic hydroxyl groups is 1. The van der Waals surface area contributed by atoms with Gasteiger partial charge in [-0.25, -0.2) is 4.98 Å². The van der Waals surface area contributed by atoms with Crippen LogP contribution in [0.15, 0.2) is 52.1 Å². The summed E-state index contributed by atoms with van der Waals surface area (Å²) in [6, 6.07) is 12.4. The van der Waals surface area contributed by atoms with Crippen molar-refractivity contribution in [3.8, 4) is 5.75 Å². The number of oxazole rings is 1. The number of nitrogens with one attached hydrogen (secondary N) is 1. The van der Waals surface area contributed by atoms with E-state index in [0.29, 0.717) is 22.1 Å². The van der Waals surface area contributed by atoms with Crippen LogP contribution in [-0.2, 0) is 4.79 Å². The number of thioether (sulfide) groups is 1. The number of phenolic OH excluding ortho intramolecular Hbond substituents is 1. The Labute approximate surface area is 131 Å². The van der Waals surface area contributed by atoms with Gasteiger partial charge >= 0.3 is 0 Å². The molecule has 6 heteroatoms. The molecule has 0 spiro atoms. The van der Waals surface area contributed by atoms with Crippen LogP contribution in [0.3, 0.4) is 0 Å². The lowest BCUT2D eigenvalue weighted by Gasteiger charge is -2.06. The number of amides is 1. The highest BCUT2D eigenvalue weighted by Gasteiger charge is 2.09. The number of aromatic nitrogens is 1. The fourth-order valence-corrected chi connectivity index (χ4v) is 2.61. The zero-order chi connectivity index (χ0) is 15.5. The van der Waals surface area contributed by atoms with Crippen LogP contribution in [-0.4, -0.2) is 21.8 Å². The zero-order valence-corrected chi connectivity index (χ0v) is 12.7. The molecule has 1 aromatic heterocycles. The van der Waals surface area contributed by atoms with E-state index in [1.807, 2.05) is 24.3 Å². The smallest absolute Gasteiger partial charge is 0.257 e. The van der Waals surface area contributed by atoms with Crippen molar-refractivity contribution in [1.29, 1.82) is 0 Å². The number of fused-ring (bicyclic) bond motifs is 1. The molecule has 3 aromatic rings. The predicted molar refractivity (Wildman–Crippen MR) is 86.2 cm³/mol. The number of carbonyl (C=O) groups is 1. The number of phenols is 1. The Morgan fingerprint density at radius 1 is 1.32 bits per heavy atom. The minimum Gasteiger partial charge on any atom is -0.508 e. The average molecular weight is 314 g/mol. The molecule has 1 amide bonds. The van der Waals surface area contributed by atoms with Crippen molar-refractivity contribution < 1.29 is 14.3 Å². The number of hydrogen-bond donors (Lipinski definition) is 2. The highest BCUT2D eigenvalue weighted by atomic mass is 32.2. The Bertz CT molecular complexity index is 796. The minimum absolute atomic E-state index is 0.155. The van der Waals surface area contributed by atoms with Crippen molar-refractivity contribution in [2.75, 3.05) is 11.1 Å². The van der Waals surface area contributed by atoms with Gasteiger partial charge in [0, 0.05) is 5.69 Å². The topological polar surface area (TPSA) is 75.4 Å². The van der Waals surface area contributed by atoms with Gasteiger partial charge in [0.15, 0.2) is 5.58 Å². The van der Waals surface area contributed by atoms with Crippen LogP contribution >= 0.6 is 11.8 Å². The number of rotatable bonds is 4. The van der Waals surface area contributed by atoms with E-state index in [2.05, 4.69) is 10.3 Å². The molecule has 0 saturated heterocycles. The molecule has 2 aromatic carbocycles. The second-order valence-electron chi connectivity index (χ2n) is 4.79. The molecule has 0 bridgehead atoms. The van der Waals surface area contributed by atoms with Crippen LogP contribution in [0, 0.1) is 6.92 Å². The molecule has 3 rings (SSSR count). The number of aryl methyl sites for hydroxylation is 1. The lowest BCUT2D eigenvalue weighted by molar-refractivity contribution is -0.113. The first-order valence-electron chi connectivity index (χ1n) is 6.69. The zero-order valence-electron chi connectivity index (χ0n) is 11.9. The third-order valence-corrected chi connectivity index (χ3v) is 3.91. The summed E-state index contributed by atoms with van der Waals surface area (Å²) in [6.45, 7) is 1.78. The molecule has 0 unspecified atom stereocenters. The molecular weight excluding hydrogens is 300 g/mol. The first kappa shape index (κ1) is 14.5. The van der Waals surface area contributed by atoms with Crippen molar-refractivity contribution in [1.82, 2.24) is 4.98 Å². The van der Waals surface area contributed by atoms with Crippen molar-refractivity contribution in [2.24, 2.45) is 0 Å². The summed E-state index contributed by atoms with van der Waals surface area (Å²) in [5, 5.41) is 12.7. The van der Waals surface area contributed by atoms with Gasteiger partial charge in [-0.15, -0.1) is 0 Å². The lowest BCUT2D eigenvalue weighted by atomic mass is 10.2. The molecule has 112 valence electrons. The van der Waals surface area contributed by atoms with Crippen LogP contribution in [0.1, 0.15) is 5.56 Å². The van der Waals surface area contributed by atoms with Crippen molar-refractivity contribution in [2.45, 2.75) is 12.1 Å². The monoisotopic (exact) mass is 314 g/mol. The third-order valence-electron chi connectivity index (χ3n) is 3.08. The number of carbonyl (C=O) groups excluding carboxylic acids is 1. The summed E-state index contributed by atoms with van der Waals surface area (Å²) in [4.78, 5) is 16.2. The molecule has 0 fully saturated rings. The molecule has 0 aliphatic carbocycles. The van der Waals surface area contributed by atoms with E-state index in [1.54, 1.807) is 25.1 Å². The van der Waals surface area contributed by atoms with Gasteiger partial charge in [-0.3, -0.25) is 4.79 Å². The average Bonchev–Trinajstić information content (AvgIpc) is 2.92. The Morgan fingerprint density at radius 3 is 2.91 bits per heavy atom. The number of para-hydroxylation sites is 2. The molecule has 1 heterocycles. The number of benzene rings is 2. The largest absolute Gasteiger partial charge is 0.508 e. The van der Waals surface area contributed by atoms with E-state index in [-0.39, 0.29) is 17.4 Å². The van der Waals surface area contributed by atoms with Gasteiger partial charge in [0.2, 0.25) is 5.91 Å². The van der Waals surface area contributed by atoms with E-state index in [0.717, 1.165) is 5.52 Å². The summed E-state index contributed by atoms with van der Waals surface area (Å²) in [7, 11) is 0. The normalized spacial score (nSPS) is 10.8. The summed E-state index contributed by atoms with van der Waals surface area (Å²) in [5.41, 5.74) is 2.85. The second kappa shape index (κ2) is 6.11. The van der Waals surface area contributed by atoms with Gasteiger partial charge < -0.3 is 14.8 Å². The van der Waals surface area contributed by atoms with Gasteiger partial charge in [0.1, 0.15) is 11.3 Å². The van der Waals surface area contributed by atoms with Gasteiger partial charge in [0.25, 0.3) is 5.22 Å². The van der Waals surface area contributed by atoms with Crippen LogP contribution in [0.5, 0.6) is 5.75 Å². The minimum atomic E-state index is -0.155. The van der Waals surface area contributed by atoms with Gasteiger partial charge in [-0.05, 0) is 42.8 Å². The summed E-state index contributed by atoms with van der Waals surface area (Å²) >= 11 is 1.24. The quantitative estimate of drug-likeness (QED) is 0.569. The highest BCUT2D eigenvalue weighted by Crippen LogP contribution is 2.24. The van der Waals surface area contributed by atoms with Crippen molar-refractivity contribution in [3.05, 3.63) is 48.0 Å². The van der Waals surface area contributed by atoms with Crippen molar-refractivity contribution >= 4 is 34.5 Å². The summed E-state index contributed by atoms with van der Waals surface area (Å²) in [5.74, 6) is 0.253. The lowest BCUT2D eigenvalue weighted by Crippen LogP contribution is -2.14. The van der Waals surface area contributed by atoms with Gasteiger partial charge in [-0.2, -0.15) is 0 Å². The van der Waals surface area contributed by atoms with Crippen LogP contribution in [0.2, 0.25) is 0 Å². The Morgan fingerprint density at radius 2 is 2.14 bits per heavy atom. The van der Waals surface area contributed by atoms with Crippen molar-refractivity contribution in [3.63, 3.8) is 0 Å².